The first kappa shape index (κ1) is 20.7. The van der Waals surface area contributed by atoms with Gasteiger partial charge in [0.1, 0.15) is 6.04 Å². The van der Waals surface area contributed by atoms with E-state index >= 15 is 0 Å². The van der Waals surface area contributed by atoms with E-state index < -0.39 is 6.04 Å². The third-order valence-corrected chi connectivity index (χ3v) is 5.97. The van der Waals surface area contributed by atoms with E-state index in [1.54, 1.807) is 24.8 Å². The average Bonchev–Trinajstić information content (AvgIpc) is 2.80. The molecule has 4 aromatic rings. The normalized spacial score (nSPS) is 11.6. The molecule has 2 N–H and O–H groups in total. The van der Waals surface area contributed by atoms with Crippen LogP contribution in [0.25, 0.3) is 10.8 Å². The van der Waals surface area contributed by atoms with Crippen LogP contribution in [0.4, 0.5) is 5.69 Å². The zero-order valence-corrected chi connectivity index (χ0v) is 17.9. The van der Waals surface area contributed by atoms with Gasteiger partial charge >= 0.3 is 0 Å². The van der Waals surface area contributed by atoms with Crippen molar-refractivity contribution in [2.24, 2.45) is 0 Å². The number of carbonyl (C=O) groups is 2. The SMILES string of the molecule is CC(NC(=O)c1cccc2ccccc12)C(=O)Nc1ccccc1Sc1ccccc1. The molecule has 5 heteroatoms. The van der Waals surface area contributed by atoms with Crippen molar-refractivity contribution in [1.29, 1.82) is 0 Å². The summed E-state index contributed by atoms with van der Waals surface area (Å²) in [5.74, 6) is -0.541. The Labute approximate surface area is 185 Å². The van der Waals surface area contributed by atoms with Gasteiger partial charge in [-0.1, -0.05) is 78.5 Å². The second kappa shape index (κ2) is 9.49. The second-order valence-corrected chi connectivity index (χ2v) is 8.24. The lowest BCUT2D eigenvalue weighted by molar-refractivity contribution is -0.117. The van der Waals surface area contributed by atoms with E-state index in [1.807, 2.05) is 91.0 Å². The summed E-state index contributed by atoms with van der Waals surface area (Å²) in [5.41, 5.74) is 1.27. The maximum Gasteiger partial charge on any atom is 0.252 e. The van der Waals surface area contributed by atoms with Crippen molar-refractivity contribution in [3.63, 3.8) is 0 Å². The molecule has 1 atom stereocenters. The van der Waals surface area contributed by atoms with Gasteiger partial charge in [-0.2, -0.15) is 0 Å². The van der Waals surface area contributed by atoms with Gasteiger partial charge in [0, 0.05) is 15.4 Å². The summed E-state index contributed by atoms with van der Waals surface area (Å²) < 4.78 is 0. The van der Waals surface area contributed by atoms with Gasteiger partial charge in [-0.25, -0.2) is 0 Å². The van der Waals surface area contributed by atoms with Gasteiger partial charge < -0.3 is 10.6 Å². The van der Waals surface area contributed by atoms with Crippen LogP contribution in [0.2, 0.25) is 0 Å². The zero-order valence-electron chi connectivity index (χ0n) is 17.0. The van der Waals surface area contributed by atoms with Gasteiger partial charge in [0.15, 0.2) is 0 Å². The quantitative estimate of drug-likeness (QED) is 0.413. The van der Waals surface area contributed by atoms with Crippen molar-refractivity contribution in [2.45, 2.75) is 22.8 Å². The number of nitrogens with one attached hydrogen (secondary N) is 2. The predicted molar refractivity (Wildman–Crippen MR) is 127 cm³/mol. The molecule has 0 saturated carbocycles. The van der Waals surface area contributed by atoms with Gasteiger partial charge in [0.2, 0.25) is 5.91 Å². The molecule has 0 bridgehead atoms. The van der Waals surface area contributed by atoms with Crippen molar-refractivity contribution >= 4 is 40.0 Å². The van der Waals surface area contributed by atoms with Crippen LogP contribution in [0.3, 0.4) is 0 Å². The Morgan fingerprint density at radius 1 is 0.774 bits per heavy atom. The molecule has 4 nitrogen and oxygen atoms in total. The van der Waals surface area contributed by atoms with Gasteiger partial charge in [-0.3, -0.25) is 9.59 Å². The van der Waals surface area contributed by atoms with Crippen LogP contribution in [0, 0.1) is 0 Å². The minimum Gasteiger partial charge on any atom is -0.340 e. The number of para-hydroxylation sites is 1. The Hall–Kier alpha value is -3.57. The smallest absolute Gasteiger partial charge is 0.252 e. The number of hydrogen-bond donors (Lipinski definition) is 2. The van der Waals surface area contributed by atoms with E-state index in [-0.39, 0.29) is 11.8 Å². The van der Waals surface area contributed by atoms with E-state index in [4.69, 9.17) is 0 Å². The Morgan fingerprint density at radius 2 is 1.45 bits per heavy atom. The molecule has 0 fully saturated rings. The fraction of sp³-hybridized carbons (Fsp3) is 0.0769. The standard InChI is InChI=1S/C26H22N2O2S/c1-18(27-26(30)22-15-9-11-19-10-5-6-14-21(19)22)25(29)28-23-16-7-8-17-24(23)31-20-12-3-2-4-13-20/h2-18H,1H3,(H,27,30)(H,28,29). The lowest BCUT2D eigenvalue weighted by Gasteiger charge is -2.16. The fourth-order valence-corrected chi connectivity index (χ4v) is 4.20. The van der Waals surface area contributed by atoms with E-state index in [0.29, 0.717) is 11.3 Å². The molecule has 0 aliphatic carbocycles. The van der Waals surface area contributed by atoms with Gasteiger partial charge in [0.25, 0.3) is 5.91 Å². The topological polar surface area (TPSA) is 58.2 Å². The molecule has 0 aliphatic rings. The predicted octanol–water partition coefficient (Wildman–Crippen LogP) is 5.75. The second-order valence-electron chi connectivity index (χ2n) is 7.12. The molecule has 31 heavy (non-hydrogen) atoms. The molecule has 0 saturated heterocycles. The molecule has 154 valence electrons. The Balaban J connectivity index is 1.46. The molecule has 0 aromatic heterocycles. The lowest BCUT2D eigenvalue weighted by Crippen LogP contribution is -2.41. The molecule has 0 heterocycles. The van der Waals surface area contributed by atoms with E-state index in [2.05, 4.69) is 10.6 Å². The molecule has 2 amide bonds. The molecule has 0 aliphatic heterocycles. The zero-order chi connectivity index (χ0) is 21.6. The summed E-state index contributed by atoms with van der Waals surface area (Å²) in [6, 6.07) is 30.2. The molecular weight excluding hydrogens is 404 g/mol. The van der Waals surface area contributed by atoms with Crippen LogP contribution in [0.1, 0.15) is 17.3 Å². The van der Waals surface area contributed by atoms with Gasteiger partial charge in [-0.15, -0.1) is 0 Å². The Bertz CT molecular complexity index is 1220. The van der Waals surface area contributed by atoms with E-state index in [1.165, 1.54) is 0 Å². The first-order valence-electron chi connectivity index (χ1n) is 10.0. The third-order valence-electron chi connectivity index (χ3n) is 4.89. The number of rotatable bonds is 6. The van der Waals surface area contributed by atoms with E-state index in [9.17, 15) is 9.59 Å². The van der Waals surface area contributed by atoms with E-state index in [0.717, 1.165) is 20.6 Å². The average molecular weight is 427 g/mol. The first-order chi connectivity index (χ1) is 15.1. The number of carbonyl (C=O) groups excluding carboxylic acids is 2. The van der Waals surface area contributed by atoms with Gasteiger partial charge in [-0.05, 0) is 48.0 Å². The summed E-state index contributed by atoms with van der Waals surface area (Å²) in [5, 5.41) is 7.62. The summed E-state index contributed by atoms with van der Waals surface area (Å²) in [6.45, 7) is 1.69. The van der Waals surface area contributed by atoms with Crippen LogP contribution >= 0.6 is 11.8 Å². The largest absolute Gasteiger partial charge is 0.340 e. The summed E-state index contributed by atoms with van der Waals surface area (Å²) >= 11 is 1.58. The number of benzene rings is 4. The van der Waals surface area contributed by atoms with Gasteiger partial charge in [0.05, 0.1) is 5.69 Å². The molecular formula is C26H22N2O2S. The van der Waals surface area contributed by atoms with Crippen molar-refractivity contribution < 1.29 is 9.59 Å². The van der Waals surface area contributed by atoms with Crippen LogP contribution in [0.15, 0.2) is 107 Å². The maximum atomic E-state index is 12.8. The summed E-state index contributed by atoms with van der Waals surface area (Å²) in [4.78, 5) is 27.7. The summed E-state index contributed by atoms with van der Waals surface area (Å²) in [7, 11) is 0. The minimum atomic E-state index is -0.693. The van der Waals surface area contributed by atoms with Crippen LogP contribution in [-0.2, 0) is 4.79 Å². The van der Waals surface area contributed by atoms with Crippen LogP contribution in [-0.4, -0.2) is 17.9 Å². The number of anilines is 1. The first-order valence-corrected chi connectivity index (χ1v) is 10.8. The molecule has 0 spiro atoms. The summed E-state index contributed by atoms with van der Waals surface area (Å²) in [6.07, 6.45) is 0. The molecule has 0 radical (unpaired) electrons. The molecule has 4 aromatic carbocycles. The number of amides is 2. The monoisotopic (exact) mass is 426 g/mol. The highest BCUT2D eigenvalue weighted by atomic mass is 32.2. The number of hydrogen-bond acceptors (Lipinski definition) is 3. The lowest BCUT2D eigenvalue weighted by atomic mass is 10.0. The third kappa shape index (κ3) is 4.95. The highest BCUT2D eigenvalue weighted by Crippen LogP contribution is 2.33. The van der Waals surface area contributed by atoms with Crippen LogP contribution in [0.5, 0.6) is 0 Å². The Morgan fingerprint density at radius 3 is 2.29 bits per heavy atom. The maximum absolute atomic E-state index is 12.8. The van der Waals surface area contributed by atoms with Crippen molar-refractivity contribution in [3.8, 4) is 0 Å². The minimum absolute atomic E-state index is 0.269. The fourth-order valence-electron chi connectivity index (χ4n) is 3.28. The molecule has 1 unspecified atom stereocenters. The number of fused-ring (bicyclic) bond motifs is 1. The van der Waals surface area contributed by atoms with Crippen LogP contribution < -0.4 is 10.6 Å². The van der Waals surface area contributed by atoms with Crippen molar-refractivity contribution in [1.82, 2.24) is 5.32 Å². The Kier molecular flexibility index (Phi) is 6.34. The highest BCUT2D eigenvalue weighted by Gasteiger charge is 2.19. The molecule has 4 rings (SSSR count). The highest BCUT2D eigenvalue weighted by molar-refractivity contribution is 7.99. The van der Waals surface area contributed by atoms with Crippen molar-refractivity contribution in [2.75, 3.05) is 5.32 Å². The van der Waals surface area contributed by atoms with Crippen molar-refractivity contribution in [3.05, 3.63) is 103 Å².